The van der Waals surface area contributed by atoms with E-state index >= 15 is 4.79 Å². The molecule has 6 rings (SSSR count). The highest BCUT2D eigenvalue weighted by atomic mass is 32.2. The maximum atomic E-state index is 15.0. The molecule has 2 bridgehead atoms. The van der Waals surface area contributed by atoms with Gasteiger partial charge in [-0.2, -0.15) is 8.42 Å². The number of methoxy groups -OCH3 is 1. The summed E-state index contributed by atoms with van der Waals surface area (Å²) in [5.41, 5.74) is 2.71. The lowest BCUT2D eigenvalue weighted by atomic mass is 9.80. The summed E-state index contributed by atoms with van der Waals surface area (Å²) in [5, 5.41) is 0. The van der Waals surface area contributed by atoms with E-state index in [2.05, 4.69) is 6.58 Å². The number of amides is 2. The molecule has 2 amide bonds. The molecule has 3 heterocycles. The Balaban J connectivity index is 1.56. The smallest absolute Gasteiger partial charge is 0.411 e. The van der Waals surface area contributed by atoms with E-state index in [0.29, 0.717) is 22.6 Å². The highest BCUT2D eigenvalue weighted by Gasteiger charge is 2.55. The molecule has 3 aromatic rings. The Bertz CT molecular complexity index is 2130. The Hall–Kier alpha value is -5.44. The number of hydrogen-bond donors (Lipinski definition) is 0. The molecule has 3 atom stereocenters. The SMILES string of the molecule is C=C1[C@@H]2c3c(cc(C)c(OC)c3OCc3ccccc3)C[C@@H](C(=O)N1[C@@H](COC(C)=O)c1cc(OS(C)(=O)=O)c(C)c3c1OCO3)N2C(=O)OC(C)(C)C. The van der Waals surface area contributed by atoms with Crippen LogP contribution in [0.25, 0.3) is 0 Å². The van der Waals surface area contributed by atoms with Gasteiger partial charge in [-0.05, 0) is 57.4 Å². The lowest BCUT2D eigenvalue weighted by Gasteiger charge is -2.52. The highest BCUT2D eigenvalue weighted by molar-refractivity contribution is 7.86. The summed E-state index contributed by atoms with van der Waals surface area (Å²) in [7, 11) is -2.49. The molecule has 0 aromatic heterocycles. The van der Waals surface area contributed by atoms with Gasteiger partial charge in [0.2, 0.25) is 6.79 Å². The third-order valence-corrected chi connectivity index (χ3v) is 9.74. The van der Waals surface area contributed by atoms with Gasteiger partial charge in [-0.3, -0.25) is 14.5 Å². The molecule has 0 spiro atoms. The molecule has 0 radical (unpaired) electrons. The van der Waals surface area contributed by atoms with Crippen LogP contribution in [0.2, 0.25) is 0 Å². The van der Waals surface area contributed by atoms with Gasteiger partial charge in [-0.15, -0.1) is 0 Å². The van der Waals surface area contributed by atoms with Crippen LogP contribution in [0.3, 0.4) is 0 Å². The van der Waals surface area contributed by atoms with Gasteiger partial charge in [-0.25, -0.2) is 4.79 Å². The normalized spacial score (nSPS) is 18.1. The average Bonchev–Trinajstić information content (AvgIpc) is 3.58. The number of aryl methyl sites for hydroxylation is 1. The first kappa shape index (κ1) is 38.3. The van der Waals surface area contributed by atoms with Crippen molar-refractivity contribution in [1.82, 2.24) is 9.80 Å². The Morgan fingerprint density at radius 1 is 1.06 bits per heavy atom. The van der Waals surface area contributed by atoms with Gasteiger partial charge < -0.3 is 37.5 Å². The van der Waals surface area contributed by atoms with Crippen LogP contribution in [-0.2, 0) is 42.2 Å². The monoisotopic (exact) mass is 764 g/mol. The van der Waals surface area contributed by atoms with Crippen LogP contribution in [0.15, 0.2) is 54.7 Å². The van der Waals surface area contributed by atoms with Crippen LogP contribution in [0.5, 0.6) is 28.7 Å². The Labute approximate surface area is 314 Å². The average molecular weight is 765 g/mol. The van der Waals surface area contributed by atoms with Crippen LogP contribution in [0, 0.1) is 13.8 Å². The van der Waals surface area contributed by atoms with Crippen LogP contribution in [0.4, 0.5) is 4.79 Å². The summed E-state index contributed by atoms with van der Waals surface area (Å²) in [4.78, 5) is 44.3. The molecule has 3 aliphatic rings. The summed E-state index contributed by atoms with van der Waals surface area (Å²) in [5.74, 6) is -0.0635. The quantitative estimate of drug-likeness (QED) is 0.180. The molecule has 54 heavy (non-hydrogen) atoms. The van der Waals surface area contributed by atoms with Crippen molar-refractivity contribution in [3.05, 3.63) is 88.1 Å². The molecule has 3 aliphatic heterocycles. The molecule has 0 saturated carbocycles. The Kier molecular flexibility index (Phi) is 10.2. The Morgan fingerprint density at radius 3 is 2.37 bits per heavy atom. The number of hydrogen-bond acceptors (Lipinski definition) is 12. The van der Waals surface area contributed by atoms with Crippen molar-refractivity contribution < 1.29 is 55.4 Å². The number of esters is 1. The van der Waals surface area contributed by atoms with Crippen LogP contribution in [0.1, 0.15) is 73.2 Å². The van der Waals surface area contributed by atoms with Gasteiger partial charge in [0.25, 0.3) is 5.91 Å². The van der Waals surface area contributed by atoms with Crippen molar-refractivity contribution in [2.45, 2.75) is 78.3 Å². The molecule has 0 aliphatic carbocycles. The van der Waals surface area contributed by atoms with Crippen molar-refractivity contribution in [3.63, 3.8) is 0 Å². The first-order chi connectivity index (χ1) is 25.4. The van der Waals surface area contributed by atoms with Crippen molar-refractivity contribution >= 4 is 28.1 Å². The summed E-state index contributed by atoms with van der Waals surface area (Å²) >= 11 is 0. The molecular weight excluding hydrogens is 720 g/mol. The van der Waals surface area contributed by atoms with E-state index < -0.39 is 58.4 Å². The van der Waals surface area contributed by atoms with Gasteiger partial charge in [-0.1, -0.05) is 43.0 Å². The summed E-state index contributed by atoms with van der Waals surface area (Å²) in [6.45, 7) is 13.9. The van der Waals surface area contributed by atoms with Gasteiger partial charge in [0, 0.05) is 35.7 Å². The van der Waals surface area contributed by atoms with E-state index in [1.165, 1.54) is 29.9 Å². The van der Waals surface area contributed by atoms with Gasteiger partial charge in [0.1, 0.15) is 36.6 Å². The van der Waals surface area contributed by atoms with Crippen LogP contribution < -0.4 is 23.1 Å². The number of benzene rings is 3. The van der Waals surface area contributed by atoms with E-state index in [1.807, 2.05) is 43.3 Å². The molecule has 0 unspecified atom stereocenters. The first-order valence-electron chi connectivity index (χ1n) is 17.3. The van der Waals surface area contributed by atoms with E-state index in [-0.39, 0.29) is 48.3 Å². The fourth-order valence-electron chi connectivity index (χ4n) is 7.14. The van der Waals surface area contributed by atoms with Crippen molar-refractivity contribution in [2.24, 2.45) is 0 Å². The number of carbonyl (C=O) groups is 3. The molecule has 15 heteroatoms. The van der Waals surface area contributed by atoms with Gasteiger partial charge in [0.05, 0.1) is 19.4 Å². The highest BCUT2D eigenvalue weighted by Crippen LogP contribution is 2.54. The predicted molar refractivity (Wildman–Crippen MR) is 195 cm³/mol. The van der Waals surface area contributed by atoms with Crippen LogP contribution in [-0.4, -0.2) is 74.6 Å². The molecule has 1 fully saturated rings. The third-order valence-electron chi connectivity index (χ3n) is 9.26. The van der Waals surface area contributed by atoms with E-state index in [0.717, 1.165) is 22.9 Å². The molecule has 288 valence electrons. The number of ether oxygens (including phenoxy) is 6. The zero-order valence-corrected chi connectivity index (χ0v) is 32.3. The zero-order chi connectivity index (χ0) is 39.3. The van der Waals surface area contributed by atoms with E-state index in [4.69, 9.17) is 32.6 Å². The zero-order valence-electron chi connectivity index (χ0n) is 31.5. The number of carbonyl (C=O) groups excluding carboxylic acids is 3. The second-order valence-corrected chi connectivity index (χ2v) is 15.9. The van der Waals surface area contributed by atoms with Crippen molar-refractivity contribution in [2.75, 3.05) is 26.8 Å². The van der Waals surface area contributed by atoms with E-state index in [1.54, 1.807) is 27.7 Å². The minimum Gasteiger partial charge on any atom is -0.493 e. The maximum Gasteiger partial charge on any atom is 0.411 e. The Morgan fingerprint density at radius 2 is 1.74 bits per heavy atom. The van der Waals surface area contributed by atoms with Gasteiger partial charge >= 0.3 is 22.2 Å². The second kappa shape index (κ2) is 14.4. The van der Waals surface area contributed by atoms with Crippen LogP contribution >= 0.6 is 0 Å². The fourth-order valence-corrected chi connectivity index (χ4v) is 7.64. The topological polar surface area (TPSA) is 156 Å². The van der Waals surface area contributed by atoms with E-state index in [9.17, 15) is 18.0 Å². The number of nitrogens with zero attached hydrogens (tertiary/aromatic N) is 2. The second-order valence-electron chi connectivity index (χ2n) is 14.4. The summed E-state index contributed by atoms with van der Waals surface area (Å²) in [6.07, 6.45) is 0.216. The molecule has 3 aromatic carbocycles. The lowest BCUT2D eigenvalue weighted by molar-refractivity contribution is -0.151. The largest absolute Gasteiger partial charge is 0.493 e. The molecule has 0 N–H and O–H groups in total. The first-order valence-corrected chi connectivity index (χ1v) is 19.1. The number of fused-ring (bicyclic) bond motifs is 5. The summed E-state index contributed by atoms with van der Waals surface area (Å²) in [6, 6.07) is 9.56. The third kappa shape index (κ3) is 7.36. The summed E-state index contributed by atoms with van der Waals surface area (Å²) < 4.78 is 65.6. The minimum absolute atomic E-state index is 0.0640. The fraction of sp³-hybridized carbons (Fsp3) is 0.410. The van der Waals surface area contributed by atoms with Crippen molar-refractivity contribution in [1.29, 1.82) is 0 Å². The standard InChI is InChI=1S/C39H44N2O12S/c1-21-15-26-16-28-37(43)40(29(19-48-24(4)42)27-17-30(53-54(9,45)46)22(2)34-35(27)51-20-50-34)23(3)32(41(28)38(44)52-39(5,6)7)31(26)36(33(21)47-8)49-18-25-13-11-10-12-14-25/h10-15,17,28-29,32H,3,16,18-20H2,1-2,4-9H3/t28-,29-,32+/m0/s1. The van der Waals surface area contributed by atoms with Gasteiger partial charge in [0.15, 0.2) is 23.0 Å². The minimum atomic E-state index is -4.01. The lowest BCUT2D eigenvalue weighted by Crippen LogP contribution is -2.62. The molecular formula is C39H44N2O12S. The number of rotatable bonds is 10. The number of piperazine rings is 1. The maximum absolute atomic E-state index is 15.0. The predicted octanol–water partition coefficient (Wildman–Crippen LogP) is 5.82. The molecule has 1 saturated heterocycles. The molecule has 14 nitrogen and oxygen atoms in total. The van der Waals surface area contributed by atoms with Crippen molar-refractivity contribution in [3.8, 4) is 28.7 Å².